The van der Waals surface area contributed by atoms with Crippen LogP contribution in [0, 0.1) is 5.82 Å². The molecule has 0 saturated carbocycles. The van der Waals surface area contributed by atoms with Crippen LogP contribution in [0.15, 0.2) is 18.2 Å². The van der Waals surface area contributed by atoms with Crippen LogP contribution in [0.2, 0.25) is 0 Å². The number of amides is 1. The average molecular weight is 250 g/mol. The van der Waals surface area contributed by atoms with Crippen LogP contribution in [0.25, 0.3) is 0 Å². The number of carbonyl (C=O) groups is 1. The van der Waals surface area contributed by atoms with Gasteiger partial charge in [-0.25, -0.2) is 9.82 Å². The minimum atomic E-state index is -4.56. The smallest absolute Gasteiger partial charge is 0.283 e. The third-order valence-corrected chi connectivity index (χ3v) is 2.06. The van der Waals surface area contributed by atoms with Crippen LogP contribution in [0.3, 0.4) is 0 Å². The van der Waals surface area contributed by atoms with Gasteiger partial charge >= 0.3 is 6.18 Å². The third kappa shape index (κ3) is 3.70. The first-order chi connectivity index (χ1) is 7.84. The number of hydrogen-bond donors (Lipinski definition) is 1. The largest absolute Gasteiger partial charge is 0.416 e. The number of hydrazine groups is 1. The van der Waals surface area contributed by atoms with Gasteiger partial charge in [0.15, 0.2) is 0 Å². The quantitative estimate of drug-likeness (QED) is 0.503. The zero-order valence-corrected chi connectivity index (χ0v) is 8.88. The van der Waals surface area contributed by atoms with E-state index in [1.165, 1.54) is 7.05 Å². The van der Waals surface area contributed by atoms with Crippen LogP contribution in [-0.4, -0.2) is 18.5 Å². The number of benzene rings is 1. The van der Waals surface area contributed by atoms with Crippen molar-refractivity contribution in [2.75, 3.05) is 7.05 Å². The summed E-state index contributed by atoms with van der Waals surface area (Å²) in [5.41, 5.74) is 1.50. The molecule has 1 aromatic carbocycles. The third-order valence-electron chi connectivity index (χ3n) is 2.06. The van der Waals surface area contributed by atoms with Crippen molar-refractivity contribution in [3.63, 3.8) is 0 Å². The van der Waals surface area contributed by atoms with E-state index >= 15 is 0 Å². The van der Waals surface area contributed by atoms with Gasteiger partial charge in [-0.3, -0.25) is 9.80 Å². The zero-order valence-electron chi connectivity index (χ0n) is 8.88. The molecule has 0 radical (unpaired) electrons. The van der Waals surface area contributed by atoms with Gasteiger partial charge in [0.1, 0.15) is 5.82 Å². The Hall–Kier alpha value is -1.63. The highest BCUT2D eigenvalue weighted by atomic mass is 19.4. The molecule has 0 saturated heterocycles. The van der Waals surface area contributed by atoms with E-state index in [4.69, 9.17) is 0 Å². The van der Waals surface area contributed by atoms with Crippen LogP contribution in [0.5, 0.6) is 0 Å². The Morgan fingerprint density at radius 1 is 1.41 bits per heavy atom. The zero-order chi connectivity index (χ0) is 13.1. The summed E-state index contributed by atoms with van der Waals surface area (Å²) in [4.78, 5) is 10.2. The molecule has 3 nitrogen and oxygen atoms in total. The molecule has 1 N–H and O–H groups in total. The van der Waals surface area contributed by atoms with E-state index in [1.54, 1.807) is 0 Å². The van der Waals surface area contributed by atoms with E-state index in [0.717, 1.165) is 17.1 Å². The Morgan fingerprint density at radius 3 is 2.53 bits per heavy atom. The van der Waals surface area contributed by atoms with E-state index < -0.39 is 17.6 Å². The number of rotatable bonds is 4. The molecule has 0 heterocycles. The summed E-state index contributed by atoms with van der Waals surface area (Å²) in [6.45, 7) is -0.0702. The van der Waals surface area contributed by atoms with E-state index in [2.05, 4.69) is 5.43 Å². The molecule has 0 bridgehead atoms. The van der Waals surface area contributed by atoms with Crippen molar-refractivity contribution in [3.05, 3.63) is 35.1 Å². The number of alkyl halides is 3. The maximum atomic E-state index is 13.3. The van der Waals surface area contributed by atoms with Gasteiger partial charge in [-0.2, -0.15) is 13.2 Å². The summed E-state index contributed by atoms with van der Waals surface area (Å²) in [6.07, 6.45) is -4.10. The van der Waals surface area contributed by atoms with Crippen molar-refractivity contribution in [1.29, 1.82) is 0 Å². The van der Waals surface area contributed by atoms with Crippen molar-refractivity contribution in [1.82, 2.24) is 10.4 Å². The number of nitrogens with zero attached hydrogens (tertiary/aromatic N) is 1. The van der Waals surface area contributed by atoms with Gasteiger partial charge in [-0.05, 0) is 12.1 Å². The predicted octanol–water partition coefficient (Wildman–Crippen LogP) is 1.94. The van der Waals surface area contributed by atoms with E-state index in [-0.39, 0.29) is 12.1 Å². The van der Waals surface area contributed by atoms with Crippen LogP contribution in [0.4, 0.5) is 17.6 Å². The average Bonchev–Trinajstić information content (AvgIpc) is 2.25. The fraction of sp³-hybridized carbons (Fsp3) is 0.300. The number of nitrogens with one attached hydrogen (secondary N) is 1. The monoisotopic (exact) mass is 250 g/mol. The highest BCUT2D eigenvalue weighted by Crippen LogP contribution is 2.30. The van der Waals surface area contributed by atoms with Crippen molar-refractivity contribution in [2.24, 2.45) is 0 Å². The number of halogens is 4. The summed E-state index contributed by atoms with van der Waals surface area (Å²) in [6, 6.07) is 2.25. The Morgan fingerprint density at radius 2 is 2.06 bits per heavy atom. The lowest BCUT2D eigenvalue weighted by Crippen LogP contribution is -2.32. The van der Waals surface area contributed by atoms with Crippen molar-refractivity contribution < 1.29 is 22.4 Å². The number of hydrogen-bond acceptors (Lipinski definition) is 2. The molecule has 0 aromatic heterocycles. The second-order valence-electron chi connectivity index (χ2n) is 3.36. The van der Waals surface area contributed by atoms with Gasteiger partial charge < -0.3 is 0 Å². The van der Waals surface area contributed by atoms with E-state index in [1.807, 2.05) is 0 Å². The molecule has 7 heteroatoms. The molecule has 1 aromatic rings. The fourth-order valence-electron chi connectivity index (χ4n) is 1.11. The summed E-state index contributed by atoms with van der Waals surface area (Å²) < 4.78 is 50.0. The van der Waals surface area contributed by atoms with Gasteiger partial charge in [0.25, 0.3) is 0 Å². The minimum absolute atomic E-state index is 0.0479. The molecular formula is C10H10F4N2O. The summed E-state index contributed by atoms with van der Waals surface area (Å²) in [5.74, 6) is -0.966. The lowest BCUT2D eigenvalue weighted by atomic mass is 10.1. The summed E-state index contributed by atoms with van der Waals surface area (Å²) >= 11 is 0. The summed E-state index contributed by atoms with van der Waals surface area (Å²) in [5, 5.41) is 1.04. The minimum Gasteiger partial charge on any atom is -0.283 e. The van der Waals surface area contributed by atoms with Gasteiger partial charge in [-0.15, -0.1) is 0 Å². The molecule has 0 aliphatic heterocycles. The first-order valence-corrected chi connectivity index (χ1v) is 4.62. The van der Waals surface area contributed by atoms with E-state index in [9.17, 15) is 22.4 Å². The van der Waals surface area contributed by atoms with Crippen LogP contribution >= 0.6 is 0 Å². The molecule has 1 rings (SSSR count). The normalized spacial score (nSPS) is 11.4. The standard InChI is InChI=1S/C10H10F4N2O/c1-16(6-17)15-5-7-2-3-8(4-9(7)11)10(12,13)14/h2-4,6,15H,5H2,1H3. The highest BCUT2D eigenvalue weighted by molar-refractivity contribution is 5.45. The highest BCUT2D eigenvalue weighted by Gasteiger charge is 2.31. The first kappa shape index (κ1) is 13.4. The fourth-order valence-corrected chi connectivity index (χ4v) is 1.11. The molecule has 0 aliphatic carbocycles. The number of carbonyl (C=O) groups excluding carboxylic acids is 1. The van der Waals surface area contributed by atoms with Crippen LogP contribution in [0.1, 0.15) is 11.1 Å². The van der Waals surface area contributed by atoms with Gasteiger partial charge in [0.2, 0.25) is 6.41 Å². The van der Waals surface area contributed by atoms with Crippen LogP contribution < -0.4 is 5.43 Å². The first-order valence-electron chi connectivity index (χ1n) is 4.62. The molecule has 0 fully saturated rings. The SMILES string of the molecule is CN(C=O)NCc1ccc(C(F)(F)F)cc1F. The second kappa shape index (κ2) is 5.13. The Balaban J connectivity index is 2.80. The molecule has 0 unspecified atom stereocenters. The maximum absolute atomic E-state index is 13.3. The molecule has 1 amide bonds. The van der Waals surface area contributed by atoms with Gasteiger partial charge in [0, 0.05) is 19.2 Å². The van der Waals surface area contributed by atoms with Crippen molar-refractivity contribution in [3.8, 4) is 0 Å². The van der Waals surface area contributed by atoms with E-state index in [0.29, 0.717) is 12.5 Å². The van der Waals surface area contributed by atoms with Crippen molar-refractivity contribution in [2.45, 2.75) is 12.7 Å². The van der Waals surface area contributed by atoms with Crippen molar-refractivity contribution >= 4 is 6.41 Å². The maximum Gasteiger partial charge on any atom is 0.416 e. The molecule has 0 atom stereocenters. The molecule has 0 spiro atoms. The lowest BCUT2D eigenvalue weighted by Gasteiger charge is -2.13. The van der Waals surface area contributed by atoms with Gasteiger partial charge in [-0.1, -0.05) is 6.07 Å². The predicted molar refractivity (Wildman–Crippen MR) is 52.1 cm³/mol. The second-order valence-corrected chi connectivity index (χ2v) is 3.36. The molecule has 94 valence electrons. The Bertz CT molecular complexity index is 406. The molecule has 17 heavy (non-hydrogen) atoms. The Labute approximate surface area is 95.0 Å². The lowest BCUT2D eigenvalue weighted by molar-refractivity contribution is -0.137. The molecule has 0 aliphatic rings. The Kier molecular flexibility index (Phi) is 4.06. The summed E-state index contributed by atoms with van der Waals surface area (Å²) in [7, 11) is 1.40. The topological polar surface area (TPSA) is 32.3 Å². The van der Waals surface area contributed by atoms with Gasteiger partial charge in [0.05, 0.1) is 5.56 Å². The van der Waals surface area contributed by atoms with Crippen LogP contribution in [-0.2, 0) is 17.5 Å². The molecular weight excluding hydrogens is 240 g/mol.